The minimum absolute atomic E-state index is 0.0351. The fourth-order valence-corrected chi connectivity index (χ4v) is 2.52. The number of anilines is 1. The van der Waals surface area contributed by atoms with Gasteiger partial charge >= 0.3 is 0 Å². The second-order valence-electron chi connectivity index (χ2n) is 5.38. The van der Waals surface area contributed by atoms with Gasteiger partial charge in [-0.2, -0.15) is 0 Å². The van der Waals surface area contributed by atoms with Gasteiger partial charge in [0.1, 0.15) is 5.82 Å². The first-order valence-corrected chi connectivity index (χ1v) is 7.15. The summed E-state index contributed by atoms with van der Waals surface area (Å²) >= 11 is 0. The number of benzene rings is 1. The molecule has 6 heteroatoms. The Morgan fingerprint density at radius 2 is 2.29 bits per heavy atom. The van der Waals surface area contributed by atoms with Crippen LogP contribution in [-0.4, -0.2) is 37.1 Å². The summed E-state index contributed by atoms with van der Waals surface area (Å²) in [7, 11) is 1.60. The molecule has 5 nitrogen and oxygen atoms in total. The first kappa shape index (κ1) is 15.7. The number of ether oxygens (including phenoxy) is 1. The Morgan fingerprint density at radius 1 is 1.57 bits per heavy atom. The molecule has 1 fully saturated rings. The van der Waals surface area contributed by atoms with Crippen LogP contribution in [0.1, 0.15) is 30.1 Å². The van der Waals surface area contributed by atoms with Gasteiger partial charge in [-0.05, 0) is 37.8 Å². The molecule has 2 rings (SSSR count). The monoisotopic (exact) mass is 295 g/mol. The molecule has 1 amide bonds. The molecule has 1 unspecified atom stereocenters. The summed E-state index contributed by atoms with van der Waals surface area (Å²) in [6.07, 6.45) is 2.26. The first-order chi connectivity index (χ1) is 10.1. The summed E-state index contributed by atoms with van der Waals surface area (Å²) < 4.78 is 18.8. The van der Waals surface area contributed by atoms with Gasteiger partial charge in [-0.15, -0.1) is 0 Å². The lowest BCUT2D eigenvalue weighted by atomic mass is 10.1. The SMILES string of the molecule is COCCN(C(=O)c1cccc(F)c1NN)C(C)C1CC1. The third-order valence-electron chi connectivity index (χ3n) is 3.98. The van der Waals surface area contributed by atoms with Crippen molar-refractivity contribution < 1.29 is 13.9 Å². The van der Waals surface area contributed by atoms with Crippen LogP contribution in [0.5, 0.6) is 0 Å². The van der Waals surface area contributed by atoms with E-state index in [2.05, 4.69) is 5.43 Å². The molecule has 1 aromatic rings. The average molecular weight is 295 g/mol. The second-order valence-corrected chi connectivity index (χ2v) is 5.38. The van der Waals surface area contributed by atoms with E-state index in [0.29, 0.717) is 19.1 Å². The molecule has 0 saturated heterocycles. The highest BCUT2D eigenvalue weighted by Gasteiger charge is 2.35. The normalized spacial score (nSPS) is 15.6. The largest absolute Gasteiger partial charge is 0.383 e. The fourth-order valence-electron chi connectivity index (χ4n) is 2.52. The van der Waals surface area contributed by atoms with Crippen molar-refractivity contribution in [3.63, 3.8) is 0 Å². The van der Waals surface area contributed by atoms with Crippen LogP contribution in [0.2, 0.25) is 0 Å². The molecule has 0 aliphatic heterocycles. The molecular weight excluding hydrogens is 273 g/mol. The molecule has 1 aliphatic rings. The smallest absolute Gasteiger partial charge is 0.256 e. The summed E-state index contributed by atoms with van der Waals surface area (Å²) in [5, 5.41) is 0. The number of methoxy groups -OCH3 is 1. The second kappa shape index (κ2) is 6.87. The van der Waals surface area contributed by atoms with E-state index in [1.54, 1.807) is 18.1 Å². The van der Waals surface area contributed by atoms with E-state index in [-0.39, 0.29) is 23.2 Å². The van der Waals surface area contributed by atoms with E-state index < -0.39 is 5.82 Å². The number of halogens is 1. The van der Waals surface area contributed by atoms with E-state index >= 15 is 0 Å². The summed E-state index contributed by atoms with van der Waals surface area (Å²) in [6.45, 7) is 2.96. The standard InChI is InChI=1S/C15H22FN3O2/c1-10(11-6-7-11)19(8-9-21-2)15(20)12-4-3-5-13(16)14(12)18-17/h3-5,10-11,18H,6-9,17H2,1-2H3. The molecule has 1 saturated carbocycles. The third-order valence-corrected chi connectivity index (χ3v) is 3.98. The number of hydrazine groups is 1. The summed E-state index contributed by atoms with van der Waals surface area (Å²) in [5.74, 6) is 5.12. The molecule has 0 heterocycles. The Morgan fingerprint density at radius 3 is 2.86 bits per heavy atom. The summed E-state index contributed by atoms with van der Waals surface area (Å²) in [5.41, 5.74) is 2.57. The van der Waals surface area contributed by atoms with Crippen LogP contribution < -0.4 is 11.3 Å². The van der Waals surface area contributed by atoms with Gasteiger partial charge in [0, 0.05) is 19.7 Å². The highest BCUT2D eigenvalue weighted by Crippen LogP contribution is 2.36. The minimum Gasteiger partial charge on any atom is -0.383 e. The molecule has 3 N–H and O–H groups in total. The van der Waals surface area contributed by atoms with E-state index in [1.165, 1.54) is 12.1 Å². The number of amides is 1. The highest BCUT2D eigenvalue weighted by molar-refractivity contribution is 5.99. The molecular formula is C15H22FN3O2. The molecule has 0 spiro atoms. The first-order valence-electron chi connectivity index (χ1n) is 7.15. The van der Waals surface area contributed by atoms with Crippen molar-refractivity contribution in [2.24, 2.45) is 11.8 Å². The number of nitrogen functional groups attached to an aromatic ring is 1. The number of nitrogens with two attached hydrogens (primary N) is 1. The Kier molecular flexibility index (Phi) is 5.14. The van der Waals surface area contributed by atoms with Crippen molar-refractivity contribution in [1.82, 2.24) is 4.90 Å². The molecule has 1 aliphatic carbocycles. The quantitative estimate of drug-likeness (QED) is 0.596. The Hall–Kier alpha value is -1.66. The van der Waals surface area contributed by atoms with Crippen LogP contribution in [0, 0.1) is 11.7 Å². The van der Waals surface area contributed by atoms with Crippen molar-refractivity contribution in [3.8, 4) is 0 Å². The topological polar surface area (TPSA) is 67.6 Å². The maximum absolute atomic E-state index is 13.8. The zero-order valence-corrected chi connectivity index (χ0v) is 12.4. The van der Waals surface area contributed by atoms with Crippen LogP contribution in [0.15, 0.2) is 18.2 Å². The number of hydrogen-bond acceptors (Lipinski definition) is 4. The van der Waals surface area contributed by atoms with Crippen molar-refractivity contribution in [2.75, 3.05) is 25.7 Å². The lowest BCUT2D eigenvalue weighted by Gasteiger charge is -2.30. The van der Waals surface area contributed by atoms with Crippen molar-refractivity contribution in [1.29, 1.82) is 0 Å². The fraction of sp³-hybridized carbons (Fsp3) is 0.533. The average Bonchev–Trinajstić information content (AvgIpc) is 3.31. The molecule has 116 valence electrons. The van der Waals surface area contributed by atoms with E-state index in [4.69, 9.17) is 10.6 Å². The predicted octanol–water partition coefficient (Wildman–Crippen LogP) is 2.00. The van der Waals surface area contributed by atoms with Crippen LogP contribution in [0.4, 0.5) is 10.1 Å². The summed E-state index contributed by atoms with van der Waals surface area (Å²) in [6, 6.07) is 4.48. The lowest BCUT2D eigenvalue weighted by Crippen LogP contribution is -2.42. The highest BCUT2D eigenvalue weighted by atomic mass is 19.1. The number of nitrogens with one attached hydrogen (secondary N) is 1. The number of para-hydroxylation sites is 1. The van der Waals surface area contributed by atoms with Crippen molar-refractivity contribution in [2.45, 2.75) is 25.8 Å². The number of nitrogens with zero attached hydrogens (tertiary/aromatic N) is 1. The van der Waals surface area contributed by atoms with Gasteiger partial charge in [0.2, 0.25) is 0 Å². The van der Waals surface area contributed by atoms with Gasteiger partial charge in [0.25, 0.3) is 5.91 Å². The van der Waals surface area contributed by atoms with Crippen LogP contribution >= 0.6 is 0 Å². The number of carbonyl (C=O) groups is 1. The molecule has 21 heavy (non-hydrogen) atoms. The zero-order chi connectivity index (χ0) is 15.4. The van der Waals surface area contributed by atoms with E-state index in [1.807, 2.05) is 6.92 Å². The molecule has 0 bridgehead atoms. The van der Waals surface area contributed by atoms with Gasteiger partial charge in [-0.3, -0.25) is 10.6 Å². The van der Waals surface area contributed by atoms with E-state index in [0.717, 1.165) is 12.8 Å². The maximum atomic E-state index is 13.8. The zero-order valence-electron chi connectivity index (χ0n) is 12.4. The van der Waals surface area contributed by atoms with Crippen LogP contribution in [0.25, 0.3) is 0 Å². The molecule has 1 atom stereocenters. The molecule has 0 aromatic heterocycles. The van der Waals surface area contributed by atoms with Crippen LogP contribution in [-0.2, 0) is 4.74 Å². The minimum atomic E-state index is -0.533. The summed E-state index contributed by atoms with van der Waals surface area (Å²) in [4.78, 5) is 14.5. The lowest BCUT2D eigenvalue weighted by molar-refractivity contribution is 0.0595. The number of rotatable bonds is 7. The van der Waals surface area contributed by atoms with Gasteiger partial charge in [0.05, 0.1) is 17.9 Å². The molecule has 1 aromatic carbocycles. The van der Waals surface area contributed by atoms with Gasteiger partial charge in [0.15, 0.2) is 0 Å². The Balaban J connectivity index is 2.26. The maximum Gasteiger partial charge on any atom is 0.256 e. The van der Waals surface area contributed by atoms with Crippen molar-refractivity contribution in [3.05, 3.63) is 29.6 Å². The number of hydrogen-bond donors (Lipinski definition) is 2. The van der Waals surface area contributed by atoms with Gasteiger partial charge in [-0.25, -0.2) is 4.39 Å². The van der Waals surface area contributed by atoms with E-state index in [9.17, 15) is 9.18 Å². The third kappa shape index (κ3) is 3.51. The predicted molar refractivity (Wildman–Crippen MR) is 79.3 cm³/mol. The van der Waals surface area contributed by atoms with Crippen molar-refractivity contribution >= 4 is 11.6 Å². The Labute approximate surface area is 124 Å². The van der Waals surface area contributed by atoms with Crippen LogP contribution in [0.3, 0.4) is 0 Å². The number of carbonyl (C=O) groups excluding carboxylic acids is 1. The Bertz CT molecular complexity index is 506. The molecule has 0 radical (unpaired) electrons. The van der Waals surface area contributed by atoms with Gasteiger partial charge in [-0.1, -0.05) is 6.07 Å². The van der Waals surface area contributed by atoms with Gasteiger partial charge < -0.3 is 15.1 Å².